The summed E-state index contributed by atoms with van der Waals surface area (Å²) in [6, 6.07) is 9.26. The maximum Gasteiger partial charge on any atom is 0.215 e. The Morgan fingerprint density at radius 1 is 1.28 bits per heavy atom. The highest BCUT2D eigenvalue weighted by molar-refractivity contribution is 7.88. The Morgan fingerprint density at radius 3 is 2.72 bits per heavy atom. The minimum atomic E-state index is -3.20. The third-order valence-corrected chi connectivity index (χ3v) is 4.59. The smallest absolute Gasteiger partial charge is 0.215 e. The van der Waals surface area contributed by atoms with Crippen molar-refractivity contribution < 1.29 is 8.42 Å². The van der Waals surface area contributed by atoms with Crippen molar-refractivity contribution >= 4 is 10.0 Å². The van der Waals surface area contributed by atoms with Gasteiger partial charge in [0.1, 0.15) is 0 Å². The Labute approximate surface area is 109 Å². The summed E-state index contributed by atoms with van der Waals surface area (Å²) in [5, 5.41) is 3.28. The molecule has 1 unspecified atom stereocenters. The van der Waals surface area contributed by atoms with Gasteiger partial charge in [-0.25, -0.2) is 13.1 Å². The van der Waals surface area contributed by atoms with Gasteiger partial charge in [-0.05, 0) is 37.4 Å². The van der Waals surface area contributed by atoms with Crippen LogP contribution < -0.4 is 10.0 Å². The van der Waals surface area contributed by atoms with Gasteiger partial charge in [-0.15, -0.1) is 0 Å². The van der Waals surface area contributed by atoms with Gasteiger partial charge in [-0.3, -0.25) is 0 Å². The fourth-order valence-electron chi connectivity index (χ4n) is 2.22. The minimum absolute atomic E-state index is 0.0662. The molecule has 0 bridgehead atoms. The van der Waals surface area contributed by atoms with E-state index in [1.165, 1.54) is 0 Å². The highest BCUT2D eigenvalue weighted by Gasteiger charge is 2.16. The van der Waals surface area contributed by atoms with E-state index in [0.717, 1.165) is 31.5 Å². The van der Waals surface area contributed by atoms with Gasteiger partial charge in [-0.1, -0.05) is 30.3 Å². The molecule has 100 valence electrons. The lowest BCUT2D eigenvalue weighted by molar-refractivity contribution is 0.519. The normalized spacial score (nSPS) is 20.1. The van der Waals surface area contributed by atoms with Crippen LogP contribution >= 0.6 is 0 Å². The Kier molecular flexibility index (Phi) is 4.74. The Balaban J connectivity index is 1.77. The van der Waals surface area contributed by atoms with E-state index in [1.807, 2.05) is 30.3 Å². The van der Waals surface area contributed by atoms with E-state index < -0.39 is 10.0 Å². The zero-order valence-corrected chi connectivity index (χ0v) is 11.2. The largest absolute Gasteiger partial charge is 0.316 e. The number of hydrogen-bond acceptors (Lipinski definition) is 3. The van der Waals surface area contributed by atoms with Crippen molar-refractivity contribution in [3.8, 4) is 0 Å². The molecule has 0 aliphatic carbocycles. The Bertz CT molecular complexity index is 453. The van der Waals surface area contributed by atoms with Gasteiger partial charge in [0, 0.05) is 6.54 Å². The van der Waals surface area contributed by atoms with Gasteiger partial charge in [0.05, 0.1) is 5.75 Å². The van der Waals surface area contributed by atoms with Gasteiger partial charge >= 0.3 is 0 Å². The van der Waals surface area contributed by atoms with Crippen molar-refractivity contribution in [1.82, 2.24) is 10.0 Å². The lowest BCUT2D eigenvalue weighted by Crippen LogP contribution is -2.27. The van der Waals surface area contributed by atoms with Gasteiger partial charge in [-0.2, -0.15) is 0 Å². The highest BCUT2D eigenvalue weighted by atomic mass is 32.2. The van der Waals surface area contributed by atoms with Crippen LogP contribution in [-0.2, 0) is 15.8 Å². The zero-order chi connectivity index (χ0) is 12.8. The first-order valence-corrected chi connectivity index (χ1v) is 8.03. The fraction of sp³-hybridized carbons (Fsp3) is 0.538. The van der Waals surface area contributed by atoms with Gasteiger partial charge in [0.25, 0.3) is 0 Å². The number of benzene rings is 1. The molecule has 1 aliphatic rings. The van der Waals surface area contributed by atoms with E-state index in [2.05, 4.69) is 10.0 Å². The van der Waals surface area contributed by atoms with Crippen LogP contribution in [0.3, 0.4) is 0 Å². The van der Waals surface area contributed by atoms with Crippen LogP contribution in [-0.4, -0.2) is 28.1 Å². The summed E-state index contributed by atoms with van der Waals surface area (Å²) in [5.74, 6) is 0.681. The molecule has 0 saturated carbocycles. The molecule has 0 amide bonds. The molecule has 1 aliphatic heterocycles. The molecule has 2 rings (SSSR count). The summed E-state index contributed by atoms with van der Waals surface area (Å²) in [5.41, 5.74) is 0.826. The average molecular weight is 268 g/mol. The van der Waals surface area contributed by atoms with Crippen LogP contribution in [0.5, 0.6) is 0 Å². The van der Waals surface area contributed by atoms with Crippen LogP contribution in [0.15, 0.2) is 30.3 Å². The van der Waals surface area contributed by atoms with E-state index >= 15 is 0 Å². The maximum atomic E-state index is 11.8. The number of sulfonamides is 1. The lowest BCUT2D eigenvalue weighted by atomic mass is 10.1. The first kappa shape index (κ1) is 13.5. The molecule has 5 heteroatoms. The third-order valence-electron chi connectivity index (χ3n) is 3.24. The van der Waals surface area contributed by atoms with Crippen LogP contribution in [0.1, 0.15) is 18.4 Å². The summed E-state index contributed by atoms with van der Waals surface area (Å²) in [7, 11) is -3.20. The van der Waals surface area contributed by atoms with Crippen LogP contribution in [0.4, 0.5) is 0 Å². The molecule has 4 nitrogen and oxygen atoms in total. The van der Waals surface area contributed by atoms with Crippen molar-refractivity contribution in [3.05, 3.63) is 35.9 Å². The topological polar surface area (TPSA) is 58.2 Å². The molecule has 1 atom stereocenters. The van der Waals surface area contributed by atoms with Crippen molar-refractivity contribution in [3.63, 3.8) is 0 Å². The summed E-state index contributed by atoms with van der Waals surface area (Å²) in [6.45, 7) is 2.61. The van der Waals surface area contributed by atoms with Gasteiger partial charge in [0.15, 0.2) is 0 Å². The summed E-state index contributed by atoms with van der Waals surface area (Å²) in [4.78, 5) is 0. The zero-order valence-electron chi connectivity index (χ0n) is 10.4. The molecule has 1 aromatic rings. The van der Waals surface area contributed by atoms with E-state index in [-0.39, 0.29) is 5.75 Å². The predicted molar refractivity (Wildman–Crippen MR) is 72.7 cm³/mol. The molecule has 1 saturated heterocycles. The van der Waals surface area contributed by atoms with E-state index in [4.69, 9.17) is 0 Å². The van der Waals surface area contributed by atoms with Crippen molar-refractivity contribution in [1.29, 1.82) is 0 Å². The number of nitrogens with one attached hydrogen (secondary N) is 2. The predicted octanol–water partition coefficient (Wildman–Crippen LogP) is 1.11. The number of rotatable bonds is 6. The number of hydrogen-bond donors (Lipinski definition) is 2. The van der Waals surface area contributed by atoms with Crippen molar-refractivity contribution in [2.24, 2.45) is 5.92 Å². The first-order chi connectivity index (χ1) is 8.66. The molecule has 1 aromatic carbocycles. The second kappa shape index (κ2) is 6.31. The lowest BCUT2D eigenvalue weighted by Gasteiger charge is -2.10. The molecule has 0 radical (unpaired) electrons. The second-order valence-electron chi connectivity index (χ2n) is 4.79. The SMILES string of the molecule is O=S(=O)(Cc1ccccc1)NCCC1CCNC1. The second-order valence-corrected chi connectivity index (χ2v) is 6.59. The maximum absolute atomic E-state index is 11.8. The average Bonchev–Trinajstić information content (AvgIpc) is 2.82. The summed E-state index contributed by atoms with van der Waals surface area (Å²) in [6.07, 6.45) is 2.07. The van der Waals surface area contributed by atoms with Crippen LogP contribution in [0.2, 0.25) is 0 Å². The molecule has 0 spiro atoms. The Morgan fingerprint density at radius 2 is 2.06 bits per heavy atom. The van der Waals surface area contributed by atoms with Gasteiger partial charge < -0.3 is 5.32 Å². The molecule has 2 N–H and O–H groups in total. The monoisotopic (exact) mass is 268 g/mol. The van der Waals surface area contributed by atoms with E-state index in [9.17, 15) is 8.42 Å². The van der Waals surface area contributed by atoms with E-state index in [1.54, 1.807) is 0 Å². The van der Waals surface area contributed by atoms with E-state index in [0.29, 0.717) is 12.5 Å². The minimum Gasteiger partial charge on any atom is -0.316 e. The van der Waals surface area contributed by atoms with Crippen molar-refractivity contribution in [2.45, 2.75) is 18.6 Å². The molecule has 18 heavy (non-hydrogen) atoms. The fourth-order valence-corrected chi connectivity index (χ4v) is 3.39. The van der Waals surface area contributed by atoms with Gasteiger partial charge in [0.2, 0.25) is 10.0 Å². The molecule has 0 aromatic heterocycles. The quantitative estimate of drug-likeness (QED) is 0.812. The first-order valence-electron chi connectivity index (χ1n) is 6.38. The third kappa shape index (κ3) is 4.40. The molecule has 1 fully saturated rings. The highest BCUT2D eigenvalue weighted by Crippen LogP contribution is 2.11. The summed E-state index contributed by atoms with van der Waals surface area (Å²) < 4.78 is 26.4. The van der Waals surface area contributed by atoms with Crippen LogP contribution in [0.25, 0.3) is 0 Å². The van der Waals surface area contributed by atoms with Crippen molar-refractivity contribution in [2.75, 3.05) is 19.6 Å². The molecular weight excluding hydrogens is 248 g/mol. The molecular formula is C13H20N2O2S. The summed E-state index contributed by atoms with van der Waals surface area (Å²) >= 11 is 0. The standard InChI is InChI=1S/C13H20N2O2S/c16-18(17,11-13-4-2-1-3-5-13)15-9-7-12-6-8-14-10-12/h1-5,12,14-15H,6-11H2. The Hall–Kier alpha value is -0.910. The van der Waals surface area contributed by atoms with Crippen LogP contribution in [0, 0.1) is 5.92 Å². The molecule has 1 heterocycles.